The molecule has 0 spiro atoms. The van der Waals surface area contributed by atoms with Crippen LogP contribution in [0.5, 0.6) is 0 Å². The van der Waals surface area contributed by atoms with Crippen LogP contribution in [-0.2, 0) is 11.8 Å². The summed E-state index contributed by atoms with van der Waals surface area (Å²) in [5.41, 5.74) is 1.36. The van der Waals surface area contributed by atoms with Crippen LogP contribution in [0.4, 0.5) is 13.2 Å². The standard InChI is InChI=1S/C16H14F3N/c17-13-3-1-2-12(7-13)16(9-20-10-16)8-11-4-5-14(18)15(19)6-11/h1-7,20H,8-10H2. The normalized spacial score (nSPS) is 16.8. The van der Waals surface area contributed by atoms with Crippen molar-refractivity contribution in [2.24, 2.45) is 0 Å². The van der Waals surface area contributed by atoms with E-state index in [4.69, 9.17) is 0 Å². The number of halogens is 3. The third-order valence-electron chi connectivity index (χ3n) is 3.89. The van der Waals surface area contributed by atoms with Gasteiger partial charge in [0.2, 0.25) is 0 Å². The van der Waals surface area contributed by atoms with Gasteiger partial charge in [-0.1, -0.05) is 18.2 Å². The van der Waals surface area contributed by atoms with Crippen LogP contribution >= 0.6 is 0 Å². The van der Waals surface area contributed by atoms with E-state index in [-0.39, 0.29) is 11.2 Å². The Morgan fingerprint density at radius 3 is 2.35 bits per heavy atom. The lowest BCUT2D eigenvalue weighted by Crippen LogP contribution is -2.58. The second-order valence-corrected chi connectivity index (χ2v) is 5.32. The molecular formula is C16H14F3N. The van der Waals surface area contributed by atoms with Crippen LogP contribution in [0.3, 0.4) is 0 Å². The highest BCUT2D eigenvalue weighted by Crippen LogP contribution is 2.33. The molecule has 1 aliphatic heterocycles. The lowest BCUT2D eigenvalue weighted by Gasteiger charge is -2.43. The molecule has 0 atom stereocenters. The van der Waals surface area contributed by atoms with Gasteiger partial charge in [0.05, 0.1) is 0 Å². The van der Waals surface area contributed by atoms with E-state index in [9.17, 15) is 13.2 Å². The average molecular weight is 277 g/mol. The Balaban J connectivity index is 1.91. The van der Waals surface area contributed by atoms with Gasteiger partial charge in [0.1, 0.15) is 5.82 Å². The Hall–Kier alpha value is -1.81. The van der Waals surface area contributed by atoms with E-state index in [2.05, 4.69) is 5.32 Å². The summed E-state index contributed by atoms with van der Waals surface area (Å²) in [6.07, 6.45) is 0.556. The van der Waals surface area contributed by atoms with Crippen LogP contribution in [0.2, 0.25) is 0 Å². The van der Waals surface area contributed by atoms with Gasteiger partial charge in [-0.2, -0.15) is 0 Å². The smallest absolute Gasteiger partial charge is 0.159 e. The van der Waals surface area contributed by atoms with Crippen LogP contribution in [-0.4, -0.2) is 13.1 Å². The van der Waals surface area contributed by atoms with Crippen molar-refractivity contribution in [1.29, 1.82) is 0 Å². The summed E-state index contributed by atoms with van der Waals surface area (Å²) >= 11 is 0. The monoisotopic (exact) mass is 277 g/mol. The van der Waals surface area contributed by atoms with E-state index in [1.807, 2.05) is 6.07 Å². The number of rotatable bonds is 3. The zero-order chi connectivity index (χ0) is 14.2. The van der Waals surface area contributed by atoms with Gasteiger partial charge in [-0.05, 0) is 41.8 Å². The van der Waals surface area contributed by atoms with E-state index in [1.54, 1.807) is 12.1 Å². The Morgan fingerprint density at radius 2 is 1.75 bits per heavy atom. The minimum absolute atomic E-state index is 0.244. The molecule has 0 aromatic heterocycles. The zero-order valence-electron chi connectivity index (χ0n) is 10.8. The summed E-state index contributed by atoms with van der Waals surface area (Å²) in [4.78, 5) is 0. The molecule has 0 bridgehead atoms. The number of hydrogen-bond acceptors (Lipinski definition) is 1. The first-order valence-electron chi connectivity index (χ1n) is 6.50. The van der Waals surface area contributed by atoms with Crippen molar-refractivity contribution in [3.8, 4) is 0 Å². The molecule has 2 aromatic carbocycles. The lowest BCUT2D eigenvalue weighted by molar-refractivity contribution is 0.273. The van der Waals surface area contributed by atoms with E-state index >= 15 is 0 Å². The highest BCUT2D eigenvalue weighted by molar-refractivity contribution is 5.34. The van der Waals surface area contributed by atoms with Crippen LogP contribution in [0, 0.1) is 17.5 Å². The summed E-state index contributed by atoms with van der Waals surface area (Å²) in [6.45, 7) is 1.41. The molecule has 1 aliphatic rings. The Labute approximate surface area is 115 Å². The first-order chi connectivity index (χ1) is 9.59. The first kappa shape index (κ1) is 13.2. The maximum absolute atomic E-state index is 13.4. The SMILES string of the molecule is Fc1cccc(C2(Cc3ccc(F)c(F)c3)CNC2)c1. The largest absolute Gasteiger partial charge is 0.315 e. The summed E-state index contributed by atoms with van der Waals surface area (Å²) < 4.78 is 39.6. The fraction of sp³-hybridized carbons (Fsp3) is 0.250. The quantitative estimate of drug-likeness (QED) is 0.908. The first-order valence-corrected chi connectivity index (χ1v) is 6.50. The number of hydrogen-bond donors (Lipinski definition) is 1. The van der Waals surface area contributed by atoms with Crippen molar-refractivity contribution in [2.45, 2.75) is 11.8 Å². The minimum atomic E-state index is -0.847. The Morgan fingerprint density at radius 1 is 0.950 bits per heavy atom. The molecule has 1 fully saturated rings. The molecule has 0 amide bonds. The highest BCUT2D eigenvalue weighted by Gasteiger charge is 2.38. The molecule has 0 radical (unpaired) electrons. The van der Waals surface area contributed by atoms with Gasteiger partial charge in [0.15, 0.2) is 11.6 Å². The molecule has 1 heterocycles. The van der Waals surface area contributed by atoms with E-state index in [0.29, 0.717) is 19.5 Å². The molecule has 0 aliphatic carbocycles. The van der Waals surface area contributed by atoms with Gasteiger partial charge in [-0.3, -0.25) is 0 Å². The Kier molecular flexibility index (Phi) is 3.26. The van der Waals surface area contributed by atoms with Crippen molar-refractivity contribution in [3.05, 3.63) is 71.0 Å². The van der Waals surface area contributed by atoms with Crippen LogP contribution in [0.1, 0.15) is 11.1 Å². The number of nitrogens with one attached hydrogen (secondary N) is 1. The zero-order valence-corrected chi connectivity index (χ0v) is 10.8. The summed E-state index contributed by atoms with van der Waals surface area (Å²) in [6, 6.07) is 10.4. The molecular weight excluding hydrogens is 263 g/mol. The fourth-order valence-electron chi connectivity index (χ4n) is 2.72. The molecule has 4 heteroatoms. The second-order valence-electron chi connectivity index (χ2n) is 5.32. The maximum Gasteiger partial charge on any atom is 0.159 e. The van der Waals surface area contributed by atoms with Crippen molar-refractivity contribution >= 4 is 0 Å². The summed E-state index contributed by atoms with van der Waals surface area (Å²) in [7, 11) is 0. The van der Waals surface area contributed by atoms with Crippen LogP contribution in [0.15, 0.2) is 42.5 Å². The van der Waals surface area contributed by atoms with Crippen molar-refractivity contribution in [1.82, 2.24) is 5.32 Å². The molecule has 104 valence electrons. The van der Waals surface area contributed by atoms with Crippen LogP contribution < -0.4 is 5.32 Å². The Bertz CT molecular complexity index is 635. The molecule has 3 rings (SSSR count). The second kappa shape index (κ2) is 4.94. The summed E-state index contributed by atoms with van der Waals surface area (Å²) in [5, 5.41) is 3.18. The average Bonchev–Trinajstić information content (AvgIpc) is 2.38. The molecule has 1 saturated heterocycles. The van der Waals surface area contributed by atoms with E-state index < -0.39 is 11.6 Å². The van der Waals surface area contributed by atoms with E-state index in [1.165, 1.54) is 18.2 Å². The van der Waals surface area contributed by atoms with Crippen molar-refractivity contribution in [3.63, 3.8) is 0 Å². The third kappa shape index (κ3) is 2.31. The van der Waals surface area contributed by atoms with E-state index in [0.717, 1.165) is 17.2 Å². The van der Waals surface area contributed by atoms with Crippen LogP contribution in [0.25, 0.3) is 0 Å². The van der Waals surface area contributed by atoms with Gasteiger partial charge < -0.3 is 5.32 Å². The van der Waals surface area contributed by atoms with Gasteiger partial charge in [-0.15, -0.1) is 0 Å². The van der Waals surface area contributed by atoms with Crippen molar-refractivity contribution in [2.75, 3.05) is 13.1 Å². The highest BCUT2D eigenvalue weighted by atomic mass is 19.2. The van der Waals surface area contributed by atoms with Gasteiger partial charge in [0, 0.05) is 18.5 Å². The fourth-order valence-corrected chi connectivity index (χ4v) is 2.72. The van der Waals surface area contributed by atoms with Gasteiger partial charge in [-0.25, -0.2) is 13.2 Å². The molecule has 0 saturated carbocycles. The minimum Gasteiger partial charge on any atom is -0.315 e. The van der Waals surface area contributed by atoms with Crippen molar-refractivity contribution < 1.29 is 13.2 Å². The number of benzene rings is 2. The lowest BCUT2D eigenvalue weighted by atomic mass is 9.71. The molecule has 1 nitrogen and oxygen atoms in total. The summed E-state index contributed by atoms with van der Waals surface area (Å²) in [5.74, 6) is -1.97. The maximum atomic E-state index is 13.4. The molecule has 2 aromatic rings. The predicted octanol–water partition coefficient (Wildman–Crippen LogP) is 3.19. The van der Waals surface area contributed by atoms with Gasteiger partial charge in [0.25, 0.3) is 0 Å². The predicted molar refractivity (Wildman–Crippen MR) is 71.0 cm³/mol. The molecule has 0 unspecified atom stereocenters. The molecule has 20 heavy (non-hydrogen) atoms. The molecule has 1 N–H and O–H groups in total. The van der Waals surface area contributed by atoms with Gasteiger partial charge >= 0.3 is 0 Å². The third-order valence-corrected chi connectivity index (χ3v) is 3.89. The topological polar surface area (TPSA) is 12.0 Å².